The van der Waals surface area contributed by atoms with Gasteiger partial charge in [-0.05, 0) is 0 Å². The minimum absolute atomic E-state index is 0.482. The van der Waals surface area contributed by atoms with E-state index >= 15 is 0 Å². The number of nitro groups is 1. The van der Waals surface area contributed by atoms with E-state index in [4.69, 9.17) is 9.47 Å². The molecule has 16 heavy (non-hydrogen) atoms. The topological polar surface area (TPSA) is 87.9 Å². The zero-order chi connectivity index (χ0) is 12.5. The second-order valence-corrected chi connectivity index (χ2v) is 3.85. The van der Waals surface area contributed by atoms with Crippen LogP contribution >= 0.6 is 0 Å². The summed E-state index contributed by atoms with van der Waals surface area (Å²) < 4.78 is 14.5. The van der Waals surface area contributed by atoms with Gasteiger partial charge in [0, 0.05) is 26.1 Å². The molecule has 0 unspecified atom stereocenters. The molecule has 3 atom stereocenters. The lowest BCUT2D eigenvalue weighted by molar-refractivity contribution is -0.542. The van der Waals surface area contributed by atoms with E-state index < -0.39 is 34.6 Å². The Morgan fingerprint density at radius 1 is 1.38 bits per heavy atom. The van der Waals surface area contributed by atoms with E-state index in [1.807, 2.05) is 0 Å². The highest BCUT2D eigenvalue weighted by atomic mass is 16.7. The summed E-state index contributed by atoms with van der Waals surface area (Å²) in [7, 11) is 3.95. The Labute approximate surface area is 92.8 Å². The van der Waals surface area contributed by atoms with Gasteiger partial charge in [-0.3, -0.25) is 14.9 Å². The molecule has 0 spiro atoms. The van der Waals surface area contributed by atoms with Gasteiger partial charge in [-0.2, -0.15) is 0 Å². The molecule has 7 nitrogen and oxygen atoms in total. The summed E-state index contributed by atoms with van der Waals surface area (Å²) in [6.07, 6.45) is -0.778. The number of rotatable bonds is 5. The van der Waals surface area contributed by atoms with Crippen molar-refractivity contribution in [1.82, 2.24) is 0 Å². The number of ether oxygens (including phenoxy) is 3. The van der Waals surface area contributed by atoms with E-state index in [9.17, 15) is 14.9 Å². The van der Waals surface area contributed by atoms with Gasteiger partial charge in [-0.1, -0.05) is 0 Å². The Morgan fingerprint density at radius 3 is 2.19 bits per heavy atom. The van der Waals surface area contributed by atoms with Gasteiger partial charge in [-0.25, -0.2) is 0 Å². The lowest BCUT2D eigenvalue weighted by Crippen LogP contribution is -2.28. The lowest BCUT2D eigenvalue weighted by atomic mass is 10.2. The first-order chi connectivity index (χ1) is 7.44. The molecule has 0 bridgehead atoms. The maximum atomic E-state index is 11.4. The molecule has 1 rings (SSSR count). The average Bonchev–Trinajstić information content (AvgIpc) is 2.88. The molecule has 0 heterocycles. The second kappa shape index (κ2) is 4.34. The number of hydrogen-bond acceptors (Lipinski definition) is 6. The Hall–Kier alpha value is -1.21. The Kier molecular flexibility index (Phi) is 3.49. The van der Waals surface area contributed by atoms with Crippen LogP contribution in [0.2, 0.25) is 0 Å². The van der Waals surface area contributed by atoms with E-state index in [-0.39, 0.29) is 0 Å². The number of carbonyl (C=O) groups is 1. The van der Waals surface area contributed by atoms with Crippen molar-refractivity contribution in [2.24, 2.45) is 11.8 Å². The molecule has 0 amide bonds. The Balaban J connectivity index is 2.92. The van der Waals surface area contributed by atoms with Crippen LogP contribution in [-0.2, 0) is 19.0 Å². The molecule has 0 aromatic heterocycles. The van der Waals surface area contributed by atoms with E-state index in [0.717, 1.165) is 0 Å². The van der Waals surface area contributed by atoms with E-state index in [2.05, 4.69) is 4.74 Å². The van der Waals surface area contributed by atoms with Gasteiger partial charge >= 0.3 is 5.97 Å². The minimum Gasteiger partial charge on any atom is -0.469 e. The first-order valence-electron chi connectivity index (χ1n) is 4.73. The standard InChI is InChI=1S/C9H15NO6/c1-9(10(12)13)5(7(11)14-2)6(9)8(15-3)16-4/h5-6,8H,1-4H3/t5-,6-,9+/m1/s1. The second-order valence-electron chi connectivity index (χ2n) is 3.85. The van der Waals surface area contributed by atoms with Crippen LogP contribution in [0, 0.1) is 22.0 Å². The third-order valence-electron chi connectivity index (χ3n) is 3.16. The summed E-state index contributed by atoms with van der Waals surface area (Å²) in [5, 5.41) is 10.9. The van der Waals surface area contributed by atoms with E-state index in [0.29, 0.717) is 0 Å². The monoisotopic (exact) mass is 233 g/mol. The minimum atomic E-state index is -1.37. The van der Waals surface area contributed by atoms with Crippen LogP contribution in [0.4, 0.5) is 0 Å². The normalized spacial score (nSPS) is 32.6. The van der Waals surface area contributed by atoms with Gasteiger partial charge in [-0.15, -0.1) is 0 Å². The van der Waals surface area contributed by atoms with Gasteiger partial charge < -0.3 is 14.2 Å². The summed E-state index contributed by atoms with van der Waals surface area (Å²) >= 11 is 0. The summed E-state index contributed by atoms with van der Waals surface area (Å²) in [6, 6.07) is 0. The van der Waals surface area contributed by atoms with Gasteiger partial charge in [0.25, 0.3) is 0 Å². The number of methoxy groups -OCH3 is 3. The van der Waals surface area contributed by atoms with Gasteiger partial charge in [0.1, 0.15) is 11.8 Å². The fraction of sp³-hybridized carbons (Fsp3) is 0.889. The average molecular weight is 233 g/mol. The predicted octanol–water partition coefficient (Wildman–Crippen LogP) is 0.0597. The molecule has 0 radical (unpaired) electrons. The molecule has 92 valence electrons. The molecule has 1 aliphatic rings. The molecule has 0 saturated heterocycles. The van der Waals surface area contributed by atoms with Crippen molar-refractivity contribution in [3.63, 3.8) is 0 Å². The van der Waals surface area contributed by atoms with E-state index in [1.165, 1.54) is 28.3 Å². The zero-order valence-electron chi connectivity index (χ0n) is 9.63. The summed E-state index contributed by atoms with van der Waals surface area (Å²) in [5.41, 5.74) is -1.37. The number of carbonyl (C=O) groups excluding carboxylic acids is 1. The van der Waals surface area contributed by atoms with E-state index in [1.54, 1.807) is 0 Å². The van der Waals surface area contributed by atoms with Crippen LogP contribution in [0.3, 0.4) is 0 Å². The third kappa shape index (κ3) is 1.65. The SMILES string of the molecule is COC(=O)[C@H]1[C@H](C(OC)OC)[C@@]1(C)[N+](=O)[O-]. The summed E-state index contributed by atoms with van der Waals surface area (Å²) in [5.74, 6) is -2.05. The number of nitrogens with zero attached hydrogens (tertiary/aromatic N) is 1. The smallest absolute Gasteiger partial charge is 0.316 e. The summed E-state index contributed by atoms with van der Waals surface area (Å²) in [4.78, 5) is 21.9. The number of hydrogen-bond donors (Lipinski definition) is 0. The molecule has 0 N–H and O–H groups in total. The van der Waals surface area contributed by atoms with Crippen molar-refractivity contribution in [2.45, 2.75) is 18.8 Å². The van der Waals surface area contributed by atoms with Crippen molar-refractivity contribution in [2.75, 3.05) is 21.3 Å². The van der Waals surface area contributed by atoms with Gasteiger partial charge in [0.15, 0.2) is 6.29 Å². The largest absolute Gasteiger partial charge is 0.469 e. The quantitative estimate of drug-likeness (QED) is 0.289. The Bertz CT molecular complexity index is 302. The highest BCUT2D eigenvalue weighted by Gasteiger charge is 2.79. The fourth-order valence-electron chi connectivity index (χ4n) is 2.10. The van der Waals surface area contributed by atoms with Crippen molar-refractivity contribution in [3.05, 3.63) is 10.1 Å². The molecule has 7 heteroatoms. The molecule has 0 aromatic rings. The molecular formula is C9H15NO6. The van der Waals surface area contributed by atoms with Crippen LogP contribution in [0.15, 0.2) is 0 Å². The fourth-order valence-corrected chi connectivity index (χ4v) is 2.10. The van der Waals surface area contributed by atoms with Crippen molar-refractivity contribution in [3.8, 4) is 0 Å². The first kappa shape index (κ1) is 12.9. The molecule has 0 aromatic carbocycles. The van der Waals surface area contributed by atoms with Crippen molar-refractivity contribution >= 4 is 5.97 Å². The lowest BCUT2D eigenvalue weighted by Gasteiger charge is -2.12. The van der Waals surface area contributed by atoms with Gasteiger partial charge in [0.05, 0.1) is 7.11 Å². The molecule has 1 aliphatic carbocycles. The number of esters is 1. The van der Waals surface area contributed by atoms with Gasteiger partial charge in [0.2, 0.25) is 5.54 Å². The van der Waals surface area contributed by atoms with Crippen molar-refractivity contribution in [1.29, 1.82) is 0 Å². The summed E-state index contributed by atoms with van der Waals surface area (Å²) in [6.45, 7) is 1.39. The zero-order valence-corrected chi connectivity index (χ0v) is 9.63. The molecular weight excluding hydrogens is 218 g/mol. The van der Waals surface area contributed by atoms with Crippen LogP contribution in [0.5, 0.6) is 0 Å². The Morgan fingerprint density at radius 2 is 1.88 bits per heavy atom. The van der Waals surface area contributed by atoms with Crippen LogP contribution < -0.4 is 0 Å². The molecule has 1 saturated carbocycles. The highest BCUT2D eigenvalue weighted by Crippen LogP contribution is 2.55. The van der Waals surface area contributed by atoms with Crippen LogP contribution in [0.25, 0.3) is 0 Å². The van der Waals surface area contributed by atoms with Crippen molar-refractivity contribution < 1.29 is 23.9 Å². The van der Waals surface area contributed by atoms with Crippen LogP contribution in [-0.4, -0.2) is 44.1 Å². The third-order valence-corrected chi connectivity index (χ3v) is 3.16. The maximum absolute atomic E-state index is 11.4. The molecule has 1 fully saturated rings. The predicted molar refractivity (Wildman–Crippen MR) is 52.2 cm³/mol. The molecule has 0 aliphatic heterocycles. The van der Waals surface area contributed by atoms with Crippen LogP contribution in [0.1, 0.15) is 6.92 Å². The first-order valence-corrected chi connectivity index (χ1v) is 4.73. The highest BCUT2D eigenvalue weighted by molar-refractivity contribution is 5.78. The maximum Gasteiger partial charge on any atom is 0.316 e.